The van der Waals surface area contributed by atoms with Crippen molar-refractivity contribution in [3.05, 3.63) is 71.3 Å². The Balaban J connectivity index is 1.55. The van der Waals surface area contributed by atoms with E-state index >= 15 is 0 Å². The highest BCUT2D eigenvalue weighted by Gasteiger charge is 2.20. The van der Waals surface area contributed by atoms with Crippen molar-refractivity contribution in [1.82, 2.24) is 9.80 Å². The summed E-state index contributed by atoms with van der Waals surface area (Å²) in [6.07, 6.45) is 3.32. The zero-order chi connectivity index (χ0) is 20.8. The third-order valence-electron chi connectivity index (χ3n) is 5.22. The fraction of sp³-hybridized carbons (Fsp3) is 0.333. The number of hydrogen-bond donors (Lipinski definition) is 1. The van der Waals surface area contributed by atoms with Gasteiger partial charge in [-0.15, -0.1) is 0 Å². The largest absolute Gasteiger partial charge is 0.336 e. The van der Waals surface area contributed by atoms with Crippen LogP contribution < -0.4 is 5.32 Å². The number of likely N-dealkylation sites (N-methyl/N-ethyl adjacent to an activating group) is 1. The predicted molar refractivity (Wildman–Crippen MR) is 118 cm³/mol. The quantitative estimate of drug-likeness (QED) is 0.788. The van der Waals surface area contributed by atoms with Gasteiger partial charge in [-0.1, -0.05) is 38.1 Å². The normalized spacial score (nSPS) is 15.1. The van der Waals surface area contributed by atoms with Gasteiger partial charge >= 0.3 is 0 Å². The number of rotatable bonds is 5. The van der Waals surface area contributed by atoms with Gasteiger partial charge in [-0.25, -0.2) is 0 Å². The summed E-state index contributed by atoms with van der Waals surface area (Å²) >= 11 is 0. The lowest BCUT2D eigenvalue weighted by Crippen LogP contribution is -2.47. The number of amides is 2. The Hall–Kier alpha value is -2.92. The van der Waals surface area contributed by atoms with Crippen molar-refractivity contribution >= 4 is 23.6 Å². The molecule has 5 heteroatoms. The molecule has 1 aliphatic heterocycles. The summed E-state index contributed by atoms with van der Waals surface area (Å²) in [7, 11) is 2.06. The van der Waals surface area contributed by atoms with E-state index in [9.17, 15) is 9.59 Å². The van der Waals surface area contributed by atoms with Crippen LogP contribution in [0.4, 0.5) is 5.69 Å². The van der Waals surface area contributed by atoms with E-state index in [1.807, 2.05) is 17.0 Å². The van der Waals surface area contributed by atoms with E-state index in [0.717, 1.165) is 31.7 Å². The maximum Gasteiger partial charge on any atom is 0.253 e. The van der Waals surface area contributed by atoms with E-state index in [-0.39, 0.29) is 11.8 Å². The highest BCUT2D eigenvalue weighted by molar-refractivity contribution is 6.02. The van der Waals surface area contributed by atoms with E-state index in [2.05, 4.69) is 43.2 Å². The van der Waals surface area contributed by atoms with Crippen LogP contribution in [0.2, 0.25) is 0 Å². The van der Waals surface area contributed by atoms with Crippen molar-refractivity contribution in [1.29, 1.82) is 0 Å². The molecule has 29 heavy (non-hydrogen) atoms. The van der Waals surface area contributed by atoms with Crippen molar-refractivity contribution in [2.75, 3.05) is 38.5 Å². The first-order chi connectivity index (χ1) is 13.9. The summed E-state index contributed by atoms with van der Waals surface area (Å²) < 4.78 is 0. The molecule has 1 heterocycles. The maximum atomic E-state index is 12.6. The van der Waals surface area contributed by atoms with E-state index < -0.39 is 0 Å². The molecule has 0 saturated carbocycles. The van der Waals surface area contributed by atoms with Gasteiger partial charge in [-0.2, -0.15) is 0 Å². The van der Waals surface area contributed by atoms with Crippen molar-refractivity contribution in [3.8, 4) is 0 Å². The number of piperazine rings is 1. The highest BCUT2D eigenvalue weighted by Crippen LogP contribution is 2.16. The fourth-order valence-electron chi connectivity index (χ4n) is 3.24. The molecule has 0 bridgehead atoms. The number of carbonyl (C=O) groups is 2. The number of nitrogens with zero attached hydrogens (tertiary/aromatic N) is 2. The van der Waals surface area contributed by atoms with Gasteiger partial charge in [0.1, 0.15) is 0 Å². The van der Waals surface area contributed by atoms with Crippen LogP contribution in [0.25, 0.3) is 6.08 Å². The Morgan fingerprint density at radius 2 is 1.55 bits per heavy atom. The molecule has 2 aromatic rings. The molecular formula is C24H29N3O2. The monoisotopic (exact) mass is 391 g/mol. The standard InChI is InChI=1S/C24H29N3O2/c1-18(2)20-7-4-19(5-8-20)6-13-23(28)25-22-11-9-21(10-12-22)24(29)27-16-14-26(3)15-17-27/h4-13,18H,14-17H2,1-3H3,(H,25,28)/b13-6+. The van der Waals surface area contributed by atoms with Crippen LogP contribution in [0.5, 0.6) is 0 Å². The lowest BCUT2D eigenvalue weighted by molar-refractivity contribution is -0.111. The third kappa shape index (κ3) is 5.78. The number of benzene rings is 2. The van der Waals surface area contributed by atoms with Crippen molar-refractivity contribution < 1.29 is 9.59 Å². The Labute approximate surface area is 173 Å². The second-order valence-corrected chi connectivity index (χ2v) is 7.82. The molecule has 1 fully saturated rings. The molecule has 1 saturated heterocycles. The zero-order valence-corrected chi connectivity index (χ0v) is 17.4. The van der Waals surface area contributed by atoms with Gasteiger partial charge in [0.2, 0.25) is 5.91 Å². The SMILES string of the molecule is CC(C)c1ccc(/C=C/C(=O)Nc2ccc(C(=O)N3CCN(C)CC3)cc2)cc1. The van der Waals surface area contributed by atoms with Crippen LogP contribution in [0, 0.1) is 0 Å². The highest BCUT2D eigenvalue weighted by atomic mass is 16.2. The van der Waals surface area contributed by atoms with Crippen LogP contribution in [-0.2, 0) is 4.79 Å². The second kappa shape index (κ2) is 9.52. The Morgan fingerprint density at radius 1 is 0.931 bits per heavy atom. The van der Waals surface area contributed by atoms with Crippen molar-refractivity contribution in [2.24, 2.45) is 0 Å². The summed E-state index contributed by atoms with van der Waals surface area (Å²) in [6, 6.07) is 15.3. The first-order valence-corrected chi connectivity index (χ1v) is 10.1. The van der Waals surface area contributed by atoms with Gasteiger partial charge < -0.3 is 15.1 Å². The molecule has 0 unspecified atom stereocenters. The molecule has 152 valence electrons. The van der Waals surface area contributed by atoms with Crippen LogP contribution in [0.3, 0.4) is 0 Å². The third-order valence-corrected chi connectivity index (χ3v) is 5.22. The Bertz CT molecular complexity index is 862. The van der Waals surface area contributed by atoms with Crippen molar-refractivity contribution in [3.63, 3.8) is 0 Å². The van der Waals surface area contributed by atoms with E-state index in [0.29, 0.717) is 17.2 Å². The van der Waals surface area contributed by atoms with Crippen LogP contribution in [0.1, 0.15) is 41.3 Å². The second-order valence-electron chi connectivity index (χ2n) is 7.82. The minimum atomic E-state index is -0.198. The van der Waals surface area contributed by atoms with Crippen molar-refractivity contribution in [2.45, 2.75) is 19.8 Å². The number of hydrogen-bond acceptors (Lipinski definition) is 3. The number of anilines is 1. The van der Waals surface area contributed by atoms with Crippen LogP contribution >= 0.6 is 0 Å². The number of nitrogens with one attached hydrogen (secondary N) is 1. The topological polar surface area (TPSA) is 52.7 Å². The molecule has 0 atom stereocenters. The van der Waals surface area contributed by atoms with Gasteiger partial charge in [0.25, 0.3) is 5.91 Å². The average molecular weight is 392 g/mol. The first kappa shape index (κ1) is 20.8. The lowest BCUT2D eigenvalue weighted by atomic mass is 10.0. The summed E-state index contributed by atoms with van der Waals surface area (Å²) in [5, 5.41) is 2.84. The van der Waals surface area contributed by atoms with Gasteiger partial charge in [0.05, 0.1) is 0 Å². The van der Waals surface area contributed by atoms with Gasteiger partial charge in [-0.05, 0) is 54.4 Å². The van der Waals surface area contributed by atoms with Gasteiger partial charge in [0.15, 0.2) is 0 Å². The molecule has 0 aliphatic carbocycles. The summed E-state index contributed by atoms with van der Waals surface area (Å²) in [5.74, 6) is 0.333. The number of carbonyl (C=O) groups excluding carboxylic acids is 2. The fourth-order valence-corrected chi connectivity index (χ4v) is 3.24. The molecular weight excluding hydrogens is 362 g/mol. The predicted octanol–water partition coefficient (Wildman–Crippen LogP) is 3.85. The van der Waals surface area contributed by atoms with E-state index in [1.54, 1.807) is 30.3 Å². The zero-order valence-electron chi connectivity index (χ0n) is 17.4. The molecule has 1 aliphatic rings. The Kier molecular flexibility index (Phi) is 6.83. The van der Waals surface area contributed by atoms with E-state index in [1.165, 1.54) is 11.6 Å². The minimum absolute atomic E-state index is 0.0423. The minimum Gasteiger partial charge on any atom is -0.336 e. The molecule has 0 radical (unpaired) electrons. The molecule has 1 N–H and O–H groups in total. The smallest absolute Gasteiger partial charge is 0.253 e. The maximum absolute atomic E-state index is 12.6. The molecule has 0 aromatic heterocycles. The summed E-state index contributed by atoms with van der Waals surface area (Å²) in [6.45, 7) is 7.59. The molecule has 3 rings (SSSR count). The molecule has 2 aromatic carbocycles. The average Bonchev–Trinajstić information content (AvgIpc) is 2.73. The summed E-state index contributed by atoms with van der Waals surface area (Å²) in [4.78, 5) is 28.8. The molecule has 0 spiro atoms. The first-order valence-electron chi connectivity index (χ1n) is 10.1. The van der Waals surface area contributed by atoms with E-state index in [4.69, 9.17) is 0 Å². The van der Waals surface area contributed by atoms with Gasteiger partial charge in [0, 0.05) is 43.5 Å². The van der Waals surface area contributed by atoms with Crippen LogP contribution in [0.15, 0.2) is 54.6 Å². The summed E-state index contributed by atoms with van der Waals surface area (Å²) in [5.41, 5.74) is 3.58. The van der Waals surface area contributed by atoms with Gasteiger partial charge in [-0.3, -0.25) is 9.59 Å². The van der Waals surface area contributed by atoms with Crippen LogP contribution in [-0.4, -0.2) is 54.8 Å². The molecule has 2 amide bonds. The Morgan fingerprint density at radius 3 is 2.14 bits per heavy atom. The molecule has 5 nitrogen and oxygen atoms in total. The lowest BCUT2D eigenvalue weighted by Gasteiger charge is -2.32.